The number of rotatable bonds is 1. The summed E-state index contributed by atoms with van der Waals surface area (Å²) in [6, 6.07) is 0.511. The van der Waals surface area contributed by atoms with E-state index >= 15 is 0 Å². The van der Waals surface area contributed by atoms with Crippen molar-refractivity contribution >= 4 is 17.6 Å². The van der Waals surface area contributed by atoms with E-state index in [9.17, 15) is 0 Å². The van der Waals surface area contributed by atoms with Crippen molar-refractivity contribution < 1.29 is 0 Å². The molecule has 0 bridgehead atoms. The molecule has 2 aliphatic heterocycles. The summed E-state index contributed by atoms with van der Waals surface area (Å²) in [5.41, 5.74) is 7.21. The number of anilines is 3. The molecule has 6 heteroatoms. The first kappa shape index (κ1) is 13.4. The van der Waals surface area contributed by atoms with E-state index in [1.54, 1.807) is 0 Å². The zero-order valence-corrected chi connectivity index (χ0v) is 12.6. The fraction of sp³-hybridized carbons (Fsp3) is 0.714. The molecule has 2 aliphatic rings. The Morgan fingerprint density at radius 3 is 2.40 bits per heavy atom. The molecule has 110 valence electrons. The molecule has 1 saturated heterocycles. The van der Waals surface area contributed by atoms with Gasteiger partial charge in [0.15, 0.2) is 0 Å². The first-order valence-electron chi connectivity index (χ1n) is 7.39. The van der Waals surface area contributed by atoms with E-state index in [0.717, 1.165) is 50.7 Å². The molecule has 2 N–H and O–H groups in total. The maximum Gasteiger partial charge on any atom is 0.223 e. The predicted octanol–water partition coefficient (Wildman–Crippen LogP) is 0.582. The molecule has 1 atom stereocenters. The van der Waals surface area contributed by atoms with E-state index in [4.69, 9.17) is 5.73 Å². The van der Waals surface area contributed by atoms with Crippen LogP contribution in [-0.2, 0) is 6.42 Å². The minimum atomic E-state index is 0.388. The Bertz CT molecular complexity index is 495. The minimum absolute atomic E-state index is 0.388. The van der Waals surface area contributed by atoms with Gasteiger partial charge in [0.05, 0.1) is 0 Å². The Kier molecular flexibility index (Phi) is 3.41. The van der Waals surface area contributed by atoms with Gasteiger partial charge in [0.1, 0.15) is 11.6 Å². The molecule has 20 heavy (non-hydrogen) atoms. The van der Waals surface area contributed by atoms with Crippen molar-refractivity contribution in [2.45, 2.75) is 25.8 Å². The standard InChI is InChI=1S/C14H24N6/c1-10-4-5-11-12(19(10)3)16-14(15)17-13(11)20-8-6-18(2)7-9-20/h10H,4-9H2,1-3H3,(H2,15,16,17). The highest BCUT2D eigenvalue weighted by molar-refractivity contribution is 5.64. The second-order valence-corrected chi connectivity index (χ2v) is 6.00. The summed E-state index contributed by atoms with van der Waals surface area (Å²) >= 11 is 0. The number of nitrogen functional groups attached to an aromatic ring is 1. The molecular formula is C14H24N6. The Morgan fingerprint density at radius 1 is 1.05 bits per heavy atom. The first-order chi connectivity index (χ1) is 9.56. The van der Waals surface area contributed by atoms with Crippen molar-refractivity contribution in [3.05, 3.63) is 5.56 Å². The zero-order chi connectivity index (χ0) is 14.3. The smallest absolute Gasteiger partial charge is 0.223 e. The van der Waals surface area contributed by atoms with E-state index in [-0.39, 0.29) is 0 Å². The summed E-state index contributed by atoms with van der Waals surface area (Å²) in [5, 5.41) is 0. The van der Waals surface area contributed by atoms with E-state index < -0.39 is 0 Å². The first-order valence-corrected chi connectivity index (χ1v) is 7.39. The van der Waals surface area contributed by atoms with Crippen LogP contribution in [0.25, 0.3) is 0 Å². The summed E-state index contributed by atoms with van der Waals surface area (Å²) in [7, 11) is 4.26. The number of piperazine rings is 1. The SMILES string of the molecule is CC1CCc2c(N3CCN(C)CC3)nc(N)nc2N1C. The number of hydrogen-bond acceptors (Lipinski definition) is 6. The van der Waals surface area contributed by atoms with Gasteiger partial charge in [0.25, 0.3) is 0 Å². The summed E-state index contributed by atoms with van der Waals surface area (Å²) < 4.78 is 0. The van der Waals surface area contributed by atoms with E-state index in [1.807, 2.05) is 0 Å². The van der Waals surface area contributed by atoms with Crippen LogP contribution < -0.4 is 15.5 Å². The van der Waals surface area contributed by atoms with Crippen LogP contribution in [0, 0.1) is 0 Å². The topological polar surface area (TPSA) is 61.5 Å². The predicted molar refractivity (Wildman–Crippen MR) is 82.3 cm³/mol. The lowest BCUT2D eigenvalue weighted by Gasteiger charge is -2.38. The van der Waals surface area contributed by atoms with Gasteiger partial charge in [0.2, 0.25) is 5.95 Å². The molecule has 0 aliphatic carbocycles. The van der Waals surface area contributed by atoms with Gasteiger partial charge in [-0.25, -0.2) is 0 Å². The highest BCUT2D eigenvalue weighted by atomic mass is 15.3. The minimum Gasteiger partial charge on any atom is -0.368 e. The molecule has 1 fully saturated rings. The van der Waals surface area contributed by atoms with Gasteiger partial charge in [-0.3, -0.25) is 0 Å². The normalized spacial score (nSPS) is 23.9. The third-order valence-corrected chi connectivity index (χ3v) is 4.59. The number of nitrogens with zero attached hydrogens (tertiary/aromatic N) is 5. The van der Waals surface area contributed by atoms with Crippen LogP contribution in [0.15, 0.2) is 0 Å². The van der Waals surface area contributed by atoms with Crippen molar-refractivity contribution in [3.63, 3.8) is 0 Å². The van der Waals surface area contributed by atoms with Crippen molar-refractivity contribution in [1.29, 1.82) is 0 Å². The van der Waals surface area contributed by atoms with Crippen molar-refractivity contribution in [2.24, 2.45) is 0 Å². The van der Waals surface area contributed by atoms with Crippen LogP contribution in [0.4, 0.5) is 17.6 Å². The van der Waals surface area contributed by atoms with Crippen LogP contribution >= 0.6 is 0 Å². The molecule has 0 radical (unpaired) electrons. The second kappa shape index (κ2) is 5.09. The Morgan fingerprint density at radius 2 is 1.70 bits per heavy atom. The zero-order valence-electron chi connectivity index (χ0n) is 12.6. The largest absolute Gasteiger partial charge is 0.368 e. The quantitative estimate of drug-likeness (QED) is 0.810. The average molecular weight is 276 g/mol. The van der Waals surface area contributed by atoms with Crippen LogP contribution in [0.2, 0.25) is 0 Å². The maximum absolute atomic E-state index is 5.94. The molecule has 0 spiro atoms. The number of aromatic nitrogens is 2. The Labute approximate surface area is 120 Å². The van der Waals surface area contributed by atoms with Gasteiger partial charge in [-0.15, -0.1) is 0 Å². The number of hydrogen-bond donors (Lipinski definition) is 1. The molecule has 3 rings (SSSR count). The van der Waals surface area contributed by atoms with Crippen LogP contribution in [-0.4, -0.2) is 61.2 Å². The van der Waals surface area contributed by atoms with E-state index in [1.165, 1.54) is 5.56 Å². The molecule has 0 amide bonds. The van der Waals surface area contributed by atoms with Gasteiger partial charge in [0, 0.05) is 44.8 Å². The summed E-state index contributed by atoms with van der Waals surface area (Å²) in [5.74, 6) is 2.46. The van der Waals surface area contributed by atoms with Gasteiger partial charge in [-0.2, -0.15) is 9.97 Å². The third kappa shape index (κ3) is 2.28. The van der Waals surface area contributed by atoms with Gasteiger partial charge < -0.3 is 20.4 Å². The lowest BCUT2D eigenvalue weighted by atomic mass is 10.00. The lowest BCUT2D eigenvalue weighted by Crippen LogP contribution is -2.46. The summed E-state index contributed by atoms with van der Waals surface area (Å²) in [6.45, 7) is 6.41. The van der Waals surface area contributed by atoms with Crippen molar-refractivity contribution in [3.8, 4) is 0 Å². The molecule has 0 saturated carbocycles. The van der Waals surface area contributed by atoms with E-state index in [2.05, 4.69) is 45.7 Å². The summed E-state index contributed by atoms with van der Waals surface area (Å²) in [6.07, 6.45) is 2.19. The summed E-state index contributed by atoms with van der Waals surface area (Å²) in [4.78, 5) is 16.0. The molecule has 1 unspecified atom stereocenters. The second-order valence-electron chi connectivity index (χ2n) is 6.00. The number of nitrogens with two attached hydrogens (primary N) is 1. The van der Waals surface area contributed by atoms with Gasteiger partial charge >= 0.3 is 0 Å². The Balaban J connectivity index is 1.97. The van der Waals surface area contributed by atoms with E-state index in [0.29, 0.717) is 12.0 Å². The van der Waals surface area contributed by atoms with Gasteiger partial charge in [-0.1, -0.05) is 0 Å². The number of fused-ring (bicyclic) bond motifs is 1. The molecule has 1 aromatic rings. The van der Waals surface area contributed by atoms with Crippen LogP contribution in [0.3, 0.4) is 0 Å². The van der Waals surface area contributed by atoms with Crippen LogP contribution in [0.1, 0.15) is 18.9 Å². The molecule has 6 nitrogen and oxygen atoms in total. The molecule has 1 aromatic heterocycles. The fourth-order valence-corrected chi connectivity index (χ4v) is 3.03. The Hall–Kier alpha value is -1.56. The third-order valence-electron chi connectivity index (χ3n) is 4.59. The molecule has 0 aromatic carbocycles. The molecule has 3 heterocycles. The number of likely N-dealkylation sites (N-methyl/N-ethyl adjacent to an activating group) is 1. The van der Waals surface area contributed by atoms with Gasteiger partial charge in [-0.05, 0) is 26.8 Å². The lowest BCUT2D eigenvalue weighted by molar-refractivity contribution is 0.311. The fourth-order valence-electron chi connectivity index (χ4n) is 3.03. The van der Waals surface area contributed by atoms with Crippen molar-refractivity contribution in [1.82, 2.24) is 14.9 Å². The molecular weight excluding hydrogens is 252 g/mol. The monoisotopic (exact) mass is 276 g/mol. The highest BCUT2D eigenvalue weighted by Crippen LogP contribution is 2.34. The average Bonchev–Trinajstić information content (AvgIpc) is 2.43. The highest BCUT2D eigenvalue weighted by Gasteiger charge is 2.28. The van der Waals surface area contributed by atoms with Crippen LogP contribution in [0.5, 0.6) is 0 Å². The maximum atomic E-state index is 5.94. The van der Waals surface area contributed by atoms with Crippen molar-refractivity contribution in [2.75, 3.05) is 55.8 Å².